The molecule has 0 radical (unpaired) electrons. The largest absolute Gasteiger partial charge is 0.326 e. The van der Waals surface area contributed by atoms with Crippen LogP contribution in [-0.2, 0) is 4.79 Å². The van der Waals surface area contributed by atoms with Crippen molar-refractivity contribution in [3.05, 3.63) is 72.1 Å². The van der Waals surface area contributed by atoms with Crippen LogP contribution >= 0.6 is 0 Å². The Kier molecular flexibility index (Phi) is 5.35. The Balaban J connectivity index is 1.91. The maximum Gasteiger partial charge on any atom is 0.274 e. The Morgan fingerprint density at radius 2 is 1.59 bits per heavy atom. The first-order chi connectivity index (χ1) is 12.9. The molecule has 0 saturated heterocycles. The quantitative estimate of drug-likeness (QED) is 0.714. The summed E-state index contributed by atoms with van der Waals surface area (Å²) in [5.41, 5.74) is 3.34. The van der Waals surface area contributed by atoms with Gasteiger partial charge in [0.2, 0.25) is 5.91 Å². The number of nitrogens with one attached hydrogen (secondary N) is 2. The molecule has 3 rings (SSSR count). The number of nitrogens with zero attached hydrogens (tertiary/aromatic N) is 2. The van der Waals surface area contributed by atoms with Crippen LogP contribution in [0.25, 0.3) is 5.69 Å². The van der Waals surface area contributed by atoms with Crippen molar-refractivity contribution in [1.82, 2.24) is 9.78 Å². The summed E-state index contributed by atoms with van der Waals surface area (Å²) < 4.78 is 1.66. The molecular formula is C21H22N4O2. The minimum atomic E-state index is -0.266. The number of hydrogen-bond acceptors (Lipinski definition) is 3. The van der Waals surface area contributed by atoms with E-state index in [4.69, 9.17) is 0 Å². The van der Waals surface area contributed by atoms with Crippen molar-refractivity contribution >= 4 is 23.2 Å². The molecule has 0 fully saturated rings. The Labute approximate surface area is 158 Å². The van der Waals surface area contributed by atoms with Gasteiger partial charge in [-0.05, 0) is 42.3 Å². The van der Waals surface area contributed by atoms with Crippen LogP contribution in [0.4, 0.5) is 11.4 Å². The third-order valence-electron chi connectivity index (χ3n) is 3.99. The van der Waals surface area contributed by atoms with Gasteiger partial charge in [0, 0.05) is 18.3 Å². The van der Waals surface area contributed by atoms with Gasteiger partial charge in [0.05, 0.1) is 11.4 Å². The minimum absolute atomic E-state index is 0.165. The first-order valence-corrected chi connectivity index (χ1v) is 8.78. The second-order valence-corrected chi connectivity index (χ2v) is 6.57. The predicted molar refractivity (Wildman–Crippen MR) is 106 cm³/mol. The number of amides is 2. The lowest BCUT2D eigenvalue weighted by molar-refractivity contribution is -0.114. The molecule has 27 heavy (non-hydrogen) atoms. The van der Waals surface area contributed by atoms with Crippen molar-refractivity contribution in [1.29, 1.82) is 0 Å². The average molecular weight is 362 g/mol. The fourth-order valence-corrected chi connectivity index (χ4v) is 2.68. The van der Waals surface area contributed by atoms with Gasteiger partial charge in [-0.1, -0.05) is 38.1 Å². The van der Waals surface area contributed by atoms with Gasteiger partial charge in [-0.15, -0.1) is 0 Å². The van der Waals surface area contributed by atoms with Crippen molar-refractivity contribution in [3.63, 3.8) is 0 Å². The van der Waals surface area contributed by atoms with Gasteiger partial charge < -0.3 is 10.6 Å². The van der Waals surface area contributed by atoms with E-state index in [9.17, 15) is 9.59 Å². The first-order valence-electron chi connectivity index (χ1n) is 8.78. The molecule has 2 amide bonds. The fraction of sp³-hybridized carbons (Fsp3) is 0.190. The number of anilines is 2. The number of carbonyl (C=O) groups excluding carboxylic acids is 2. The molecule has 138 valence electrons. The topological polar surface area (TPSA) is 76.0 Å². The number of rotatable bonds is 5. The van der Waals surface area contributed by atoms with E-state index in [1.807, 2.05) is 50.2 Å². The van der Waals surface area contributed by atoms with E-state index in [-0.39, 0.29) is 17.7 Å². The number of para-hydroxylation sites is 1. The summed E-state index contributed by atoms with van der Waals surface area (Å²) in [6, 6.07) is 18.4. The normalized spacial score (nSPS) is 10.7. The molecule has 3 aromatic rings. The van der Waals surface area contributed by atoms with Crippen LogP contribution in [0, 0.1) is 0 Å². The molecule has 0 unspecified atom stereocenters. The Bertz CT molecular complexity index is 961. The van der Waals surface area contributed by atoms with E-state index < -0.39 is 0 Å². The van der Waals surface area contributed by atoms with Crippen molar-refractivity contribution in [3.8, 4) is 5.69 Å². The Morgan fingerprint density at radius 1 is 0.926 bits per heavy atom. The molecule has 0 aliphatic rings. The lowest BCUT2D eigenvalue weighted by atomic mass is 10.1. The van der Waals surface area contributed by atoms with Crippen LogP contribution in [-0.4, -0.2) is 21.6 Å². The highest BCUT2D eigenvalue weighted by Crippen LogP contribution is 2.21. The summed E-state index contributed by atoms with van der Waals surface area (Å²) in [5, 5.41) is 10.2. The lowest BCUT2D eigenvalue weighted by Gasteiger charge is -2.09. The molecule has 2 aromatic carbocycles. The zero-order chi connectivity index (χ0) is 19.4. The molecule has 0 atom stereocenters. The van der Waals surface area contributed by atoms with E-state index in [0.717, 1.165) is 11.4 Å². The molecule has 2 N–H and O–H groups in total. The molecule has 0 saturated carbocycles. The first kappa shape index (κ1) is 18.4. The molecule has 1 aromatic heterocycles. The molecule has 6 heteroatoms. The number of carbonyl (C=O) groups is 2. The van der Waals surface area contributed by atoms with Crippen LogP contribution < -0.4 is 10.6 Å². The highest BCUT2D eigenvalue weighted by molar-refractivity contribution is 6.04. The third-order valence-corrected chi connectivity index (χ3v) is 3.99. The van der Waals surface area contributed by atoms with Crippen molar-refractivity contribution in [2.24, 2.45) is 0 Å². The van der Waals surface area contributed by atoms with Gasteiger partial charge >= 0.3 is 0 Å². The van der Waals surface area contributed by atoms with Crippen molar-refractivity contribution in [2.75, 3.05) is 10.6 Å². The second kappa shape index (κ2) is 7.86. The molecule has 6 nitrogen and oxygen atoms in total. The fourth-order valence-electron chi connectivity index (χ4n) is 2.68. The summed E-state index contributed by atoms with van der Waals surface area (Å²) in [6.45, 7) is 5.52. The second-order valence-electron chi connectivity index (χ2n) is 6.57. The number of aromatic nitrogens is 2. The Hall–Kier alpha value is -3.41. The highest BCUT2D eigenvalue weighted by atomic mass is 16.2. The maximum atomic E-state index is 12.9. The smallest absolute Gasteiger partial charge is 0.274 e. The van der Waals surface area contributed by atoms with Crippen LogP contribution in [0.5, 0.6) is 0 Å². The highest BCUT2D eigenvalue weighted by Gasteiger charge is 2.18. The molecule has 0 aliphatic carbocycles. The van der Waals surface area contributed by atoms with E-state index in [2.05, 4.69) is 15.7 Å². The van der Waals surface area contributed by atoms with Gasteiger partial charge in [0.15, 0.2) is 0 Å². The average Bonchev–Trinajstić information content (AvgIpc) is 3.08. The predicted octanol–water partition coefficient (Wildman–Crippen LogP) is 4.21. The van der Waals surface area contributed by atoms with Gasteiger partial charge in [-0.25, -0.2) is 4.68 Å². The summed E-state index contributed by atoms with van der Waals surface area (Å²) in [5.74, 6) is -0.231. The van der Waals surface area contributed by atoms with Gasteiger partial charge in [-0.2, -0.15) is 5.10 Å². The molecule has 0 aliphatic heterocycles. The standard InChI is InChI=1S/C21H22N4O2/c1-14(2)19-13-20(25(24-19)18-10-5-4-6-11-18)21(27)23-17-9-7-8-16(12-17)22-15(3)26/h4-14H,1-3H3,(H,22,26)(H,23,27). The van der Waals surface area contributed by atoms with Crippen LogP contribution in [0.1, 0.15) is 42.9 Å². The third kappa shape index (κ3) is 4.41. The van der Waals surface area contributed by atoms with Crippen LogP contribution in [0.15, 0.2) is 60.7 Å². The van der Waals surface area contributed by atoms with Gasteiger partial charge in [0.25, 0.3) is 5.91 Å². The number of benzene rings is 2. The number of hydrogen-bond donors (Lipinski definition) is 2. The maximum absolute atomic E-state index is 12.9. The molecule has 0 spiro atoms. The van der Waals surface area contributed by atoms with Gasteiger partial charge in [-0.3, -0.25) is 9.59 Å². The minimum Gasteiger partial charge on any atom is -0.326 e. The molecule has 0 bridgehead atoms. The van der Waals surface area contributed by atoms with Crippen LogP contribution in [0.2, 0.25) is 0 Å². The monoisotopic (exact) mass is 362 g/mol. The lowest BCUT2D eigenvalue weighted by Crippen LogP contribution is -2.17. The van der Waals surface area contributed by atoms with Crippen molar-refractivity contribution < 1.29 is 9.59 Å². The van der Waals surface area contributed by atoms with E-state index in [0.29, 0.717) is 17.1 Å². The van der Waals surface area contributed by atoms with Crippen molar-refractivity contribution in [2.45, 2.75) is 26.7 Å². The van der Waals surface area contributed by atoms with E-state index in [1.165, 1.54) is 6.92 Å². The summed E-state index contributed by atoms with van der Waals surface area (Å²) in [6.07, 6.45) is 0. The summed E-state index contributed by atoms with van der Waals surface area (Å²) in [4.78, 5) is 24.1. The van der Waals surface area contributed by atoms with Crippen LogP contribution in [0.3, 0.4) is 0 Å². The Morgan fingerprint density at radius 3 is 2.22 bits per heavy atom. The van der Waals surface area contributed by atoms with Gasteiger partial charge in [0.1, 0.15) is 5.69 Å². The summed E-state index contributed by atoms with van der Waals surface area (Å²) in [7, 11) is 0. The summed E-state index contributed by atoms with van der Waals surface area (Å²) >= 11 is 0. The van der Waals surface area contributed by atoms with E-state index in [1.54, 1.807) is 28.9 Å². The zero-order valence-corrected chi connectivity index (χ0v) is 15.6. The SMILES string of the molecule is CC(=O)Nc1cccc(NC(=O)c2cc(C(C)C)nn2-c2ccccc2)c1. The molecule has 1 heterocycles. The molecular weight excluding hydrogens is 340 g/mol. The zero-order valence-electron chi connectivity index (χ0n) is 15.6. The van der Waals surface area contributed by atoms with E-state index >= 15 is 0 Å².